The molecule has 0 spiro atoms. The standard InChI is InChI=1S/C17H10ClF3N4O/c18-10-8-9(4-5-11(10)19)22-15-7-6-14(24-25-15)17(26)23-16-12(20)2-1-3-13(16)21/h1-8H,(H,22,25)(H,23,26). The molecule has 3 rings (SSSR count). The van der Waals surface area contributed by atoms with Gasteiger partial charge in [-0.1, -0.05) is 17.7 Å². The van der Waals surface area contributed by atoms with Gasteiger partial charge in [0.25, 0.3) is 5.91 Å². The van der Waals surface area contributed by atoms with Gasteiger partial charge in [-0.05, 0) is 42.5 Å². The minimum Gasteiger partial charge on any atom is -0.339 e. The number of benzene rings is 2. The smallest absolute Gasteiger partial charge is 0.276 e. The van der Waals surface area contributed by atoms with Gasteiger partial charge in [-0.15, -0.1) is 10.2 Å². The van der Waals surface area contributed by atoms with Crippen LogP contribution in [0.2, 0.25) is 5.02 Å². The Kier molecular flexibility index (Phi) is 5.04. The van der Waals surface area contributed by atoms with Gasteiger partial charge in [-0.2, -0.15) is 0 Å². The quantitative estimate of drug-likeness (QED) is 0.699. The van der Waals surface area contributed by atoms with Crippen LogP contribution < -0.4 is 10.6 Å². The van der Waals surface area contributed by atoms with E-state index in [1.54, 1.807) is 0 Å². The Bertz CT molecular complexity index is 946. The summed E-state index contributed by atoms with van der Waals surface area (Å²) in [4.78, 5) is 12.0. The fourth-order valence-electron chi connectivity index (χ4n) is 2.04. The van der Waals surface area contributed by atoms with E-state index in [0.29, 0.717) is 5.69 Å². The highest BCUT2D eigenvalue weighted by atomic mass is 35.5. The summed E-state index contributed by atoms with van der Waals surface area (Å²) in [7, 11) is 0. The minimum atomic E-state index is -0.905. The predicted molar refractivity (Wildman–Crippen MR) is 91.0 cm³/mol. The van der Waals surface area contributed by atoms with E-state index in [2.05, 4.69) is 20.8 Å². The van der Waals surface area contributed by atoms with E-state index < -0.39 is 29.0 Å². The van der Waals surface area contributed by atoms with E-state index in [1.165, 1.54) is 36.4 Å². The zero-order valence-corrected chi connectivity index (χ0v) is 13.7. The van der Waals surface area contributed by atoms with Gasteiger partial charge in [0.05, 0.1) is 5.02 Å². The molecule has 26 heavy (non-hydrogen) atoms. The first-order valence-electron chi connectivity index (χ1n) is 7.25. The fourth-order valence-corrected chi connectivity index (χ4v) is 2.22. The molecule has 132 valence electrons. The lowest BCUT2D eigenvalue weighted by Crippen LogP contribution is -2.16. The molecular weight excluding hydrogens is 369 g/mol. The van der Waals surface area contributed by atoms with E-state index in [0.717, 1.165) is 12.1 Å². The van der Waals surface area contributed by atoms with Gasteiger partial charge in [0.15, 0.2) is 11.5 Å². The van der Waals surface area contributed by atoms with Crippen molar-refractivity contribution in [1.29, 1.82) is 0 Å². The van der Waals surface area contributed by atoms with Crippen molar-refractivity contribution in [2.75, 3.05) is 10.6 Å². The third-order valence-corrected chi connectivity index (χ3v) is 3.58. The molecule has 2 aromatic carbocycles. The number of carbonyl (C=O) groups is 1. The van der Waals surface area contributed by atoms with Crippen LogP contribution in [0.3, 0.4) is 0 Å². The monoisotopic (exact) mass is 378 g/mol. The molecule has 9 heteroatoms. The molecule has 0 saturated heterocycles. The number of para-hydroxylation sites is 1. The summed E-state index contributed by atoms with van der Waals surface area (Å²) in [6.45, 7) is 0. The summed E-state index contributed by atoms with van der Waals surface area (Å²) < 4.78 is 40.2. The van der Waals surface area contributed by atoms with Crippen molar-refractivity contribution in [3.05, 3.63) is 76.7 Å². The molecule has 0 aliphatic heterocycles. The molecular formula is C17H10ClF3N4O. The van der Waals surface area contributed by atoms with Gasteiger partial charge in [0, 0.05) is 5.69 Å². The lowest BCUT2D eigenvalue weighted by atomic mass is 10.2. The van der Waals surface area contributed by atoms with Crippen molar-refractivity contribution < 1.29 is 18.0 Å². The summed E-state index contributed by atoms with van der Waals surface area (Å²) >= 11 is 5.68. The highest BCUT2D eigenvalue weighted by molar-refractivity contribution is 6.31. The van der Waals surface area contributed by atoms with Gasteiger partial charge in [0.1, 0.15) is 23.1 Å². The predicted octanol–water partition coefficient (Wildman–Crippen LogP) is 4.54. The normalized spacial score (nSPS) is 10.5. The van der Waals surface area contributed by atoms with Crippen LogP contribution >= 0.6 is 11.6 Å². The summed E-state index contributed by atoms with van der Waals surface area (Å²) in [6, 6.07) is 9.96. The average molecular weight is 379 g/mol. The average Bonchev–Trinajstić information content (AvgIpc) is 2.62. The molecule has 0 bridgehead atoms. The van der Waals surface area contributed by atoms with Crippen LogP contribution in [0.25, 0.3) is 0 Å². The number of hydrogen-bond acceptors (Lipinski definition) is 4. The number of carbonyl (C=O) groups excluding carboxylic acids is 1. The molecule has 0 radical (unpaired) electrons. The SMILES string of the molecule is O=C(Nc1c(F)cccc1F)c1ccc(Nc2ccc(F)c(Cl)c2)nn1. The topological polar surface area (TPSA) is 66.9 Å². The first kappa shape index (κ1) is 17.7. The Balaban J connectivity index is 1.72. The number of amides is 1. The van der Waals surface area contributed by atoms with Crippen LogP contribution in [-0.2, 0) is 0 Å². The second kappa shape index (κ2) is 7.40. The Labute approximate surface area is 150 Å². The zero-order chi connectivity index (χ0) is 18.7. The Morgan fingerprint density at radius 1 is 0.923 bits per heavy atom. The second-order valence-electron chi connectivity index (χ2n) is 5.11. The largest absolute Gasteiger partial charge is 0.339 e. The molecule has 0 aliphatic rings. The first-order valence-corrected chi connectivity index (χ1v) is 7.63. The van der Waals surface area contributed by atoms with Crippen molar-refractivity contribution in [3.8, 4) is 0 Å². The van der Waals surface area contributed by atoms with Crippen LogP contribution in [0, 0.1) is 17.5 Å². The Hall–Kier alpha value is -3.13. The van der Waals surface area contributed by atoms with Crippen LogP contribution in [0.5, 0.6) is 0 Å². The van der Waals surface area contributed by atoms with Crippen molar-refractivity contribution in [2.45, 2.75) is 0 Å². The summed E-state index contributed by atoms with van der Waals surface area (Å²) in [6.07, 6.45) is 0. The number of aromatic nitrogens is 2. The minimum absolute atomic E-state index is 0.0640. The molecule has 1 amide bonds. The van der Waals surface area contributed by atoms with Crippen LogP contribution in [0.15, 0.2) is 48.5 Å². The van der Waals surface area contributed by atoms with Crippen molar-refractivity contribution in [2.24, 2.45) is 0 Å². The number of hydrogen-bond donors (Lipinski definition) is 2. The highest BCUT2D eigenvalue weighted by Crippen LogP contribution is 2.22. The van der Waals surface area contributed by atoms with Crippen molar-refractivity contribution in [3.63, 3.8) is 0 Å². The van der Waals surface area contributed by atoms with E-state index >= 15 is 0 Å². The van der Waals surface area contributed by atoms with Crippen molar-refractivity contribution in [1.82, 2.24) is 10.2 Å². The fraction of sp³-hybridized carbons (Fsp3) is 0. The van der Waals surface area contributed by atoms with Crippen LogP contribution in [0.1, 0.15) is 10.5 Å². The Morgan fingerprint density at radius 3 is 2.27 bits per heavy atom. The molecule has 2 N–H and O–H groups in total. The first-order chi connectivity index (χ1) is 12.4. The lowest BCUT2D eigenvalue weighted by Gasteiger charge is -2.08. The molecule has 0 unspecified atom stereocenters. The van der Waals surface area contributed by atoms with Crippen LogP contribution in [-0.4, -0.2) is 16.1 Å². The van der Waals surface area contributed by atoms with E-state index in [9.17, 15) is 18.0 Å². The Morgan fingerprint density at radius 2 is 1.65 bits per heavy atom. The van der Waals surface area contributed by atoms with Crippen LogP contribution in [0.4, 0.5) is 30.4 Å². The summed E-state index contributed by atoms with van der Waals surface area (Å²) in [5.41, 5.74) is -0.242. The third-order valence-electron chi connectivity index (χ3n) is 3.29. The number of anilines is 3. The van der Waals surface area contributed by atoms with Gasteiger partial charge in [-0.3, -0.25) is 4.79 Å². The van der Waals surface area contributed by atoms with E-state index in [1.807, 2.05) is 0 Å². The molecule has 1 aromatic heterocycles. The zero-order valence-electron chi connectivity index (χ0n) is 12.9. The second-order valence-corrected chi connectivity index (χ2v) is 5.52. The molecule has 0 aliphatic carbocycles. The maximum atomic E-state index is 13.6. The summed E-state index contributed by atoms with van der Waals surface area (Å²) in [5.74, 6) is -2.93. The number of halogens is 4. The summed E-state index contributed by atoms with van der Waals surface area (Å²) in [5, 5.41) is 12.4. The molecule has 0 atom stereocenters. The maximum absolute atomic E-state index is 13.6. The lowest BCUT2D eigenvalue weighted by molar-refractivity contribution is 0.102. The van der Waals surface area contributed by atoms with Gasteiger partial charge < -0.3 is 10.6 Å². The molecule has 3 aromatic rings. The third kappa shape index (κ3) is 3.92. The molecule has 5 nitrogen and oxygen atoms in total. The van der Waals surface area contributed by atoms with Crippen molar-refractivity contribution >= 4 is 34.7 Å². The molecule has 0 fully saturated rings. The highest BCUT2D eigenvalue weighted by Gasteiger charge is 2.15. The molecule has 1 heterocycles. The van der Waals surface area contributed by atoms with E-state index in [4.69, 9.17) is 11.6 Å². The number of nitrogens with one attached hydrogen (secondary N) is 2. The number of nitrogens with zero attached hydrogens (tertiary/aromatic N) is 2. The number of rotatable bonds is 4. The van der Waals surface area contributed by atoms with E-state index in [-0.39, 0.29) is 16.5 Å². The van der Waals surface area contributed by atoms with Gasteiger partial charge >= 0.3 is 0 Å². The van der Waals surface area contributed by atoms with Gasteiger partial charge in [-0.25, -0.2) is 13.2 Å². The maximum Gasteiger partial charge on any atom is 0.276 e. The van der Waals surface area contributed by atoms with Gasteiger partial charge in [0.2, 0.25) is 0 Å². The molecule has 0 saturated carbocycles.